The number of aryl methyl sites for hydroxylation is 2. The van der Waals surface area contributed by atoms with E-state index >= 15 is 0 Å². The molecular weight excluding hydrogens is 700 g/mol. The van der Waals surface area contributed by atoms with E-state index in [0.29, 0.717) is 60.0 Å². The Labute approximate surface area is 314 Å². The maximum absolute atomic E-state index is 13.5. The van der Waals surface area contributed by atoms with E-state index in [1.807, 2.05) is 44.2 Å². The number of carbonyl (C=O) groups is 2. The van der Waals surface area contributed by atoms with Gasteiger partial charge in [0.1, 0.15) is 11.8 Å². The van der Waals surface area contributed by atoms with Crippen LogP contribution in [0.1, 0.15) is 63.9 Å². The van der Waals surface area contributed by atoms with Crippen molar-refractivity contribution in [3.05, 3.63) is 75.3 Å². The molecule has 1 saturated heterocycles. The van der Waals surface area contributed by atoms with Crippen LogP contribution in [0.5, 0.6) is 28.7 Å². The summed E-state index contributed by atoms with van der Waals surface area (Å²) in [5.74, 6) is 2.17. The highest BCUT2D eigenvalue weighted by Crippen LogP contribution is 2.58. The SMILES string of the molecule is COCOc1c(OC)c(C)cc2c1[C@H]1C3Cc4c(OC(=O)CCCl)c(C)c5c(c4[C@H](CNC(=O)CCc4ccccc4)N3[C@@H](C#N)[C@H](C2)N1C)OCO5. The molecular formula is C40H45ClN4O8. The Hall–Kier alpha value is -4.54. The molecule has 0 saturated carbocycles. The van der Waals surface area contributed by atoms with Gasteiger partial charge in [0, 0.05) is 60.3 Å². The fourth-order valence-electron chi connectivity index (χ4n) is 8.85. The van der Waals surface area contributed by atoms with Crippen LogP contribution in [0.2, 0.25) is 0 Å². The molecule has 4 aliphatic rings. The summed E-state index contributed by atoms with van der Waals surface area (Å²) in [6, 6.07) is 12.8. The van der Waals surface area contributed by atoms with E-state index in [0.717, 1.165) is 33.4 Å². The first-order valence-corrected chi connectivity index (χ1v) is 18.5. The van der Waals surface area contributed by atoms with Crippen molar-refractivity contribution in [3.63, 3.8) is 0 Å². The quantitative estimate of drug-likeness (QED) is 0.115. The predicted octanol–water partition coefficient (Wildman–Crippen LogP) is 5.08. The minimum atomic E-state index is -0.568. The molecule has 7 rings (SSSR count). The number of halogens is 1. The average Bonchev–Trinajstić information content (AvgIpc) is 3.65. The number of carbonyl (C=O) groups excluding carboxylic acids is 2. The molecule has 0 radical (unpaired) electrons. The molecule has 4 aliphatic heterocycles. The highest BCUT2D eigenvalue weighted by atomic mass is 35.5. The molecule has 280 valence electrons. The molecule has 13 heteroatoms. The Morgan fingerprint density at radius 3 is 2.51 bits per heavy atom. The molecule has 3 aromatic carbocycles. The van der Waals surface area contributed by atoms with Gasteiger partial charge in [-0.15, -0.1) is 11.6 Å². The zero-order valence-corrected chi connectivity index (χ0v) is 31.5. The van der Waals surface area contributed by atoms with Crippen LogP contribution in [0.25, 0.3) is 0 Å². The number of methoxy groups -OCH3 is 2. The first-order valence-electron chi connectivity index (χ1n) is 18.0. The summed E-state index contributed by atoms with van der Waals surface area (Å²) in [5, 5.41) is 14.2. The fourth-order valence-corrected chi connectivity index (χ4v) is 9.00. The summed E-state index contributed by atoms with van der Waals surface area (Å²) in [7, 11) is 5.25. The number of nitrogens with zero attached hydrogens (tertiary/aromatic N) is 3. The van der Waals surface area contributed by atoms with E-state index < -0.39 is 18.1 Å². The van der Waals surface area contributed by atoms with Crippen LogP contribution in [-0.2, 0) is 33.6 Å². The van der Waals surface area contributed by atoms with E-state index in [4.69, 9.17) is 40.0 Å². The third kappa shape index (κ3) is 6.54. The van der Waals surface area contributed by atoms with E-state index in [1.54, 1.807) is 14.2 Å². The maximum Gasteiger partial charge on any atom is 0.312 e. The Balaban J connectivity index is 1.38. The molecule has 0 aliphatic carbocycles. The fraction of sp³-hybridized carbons (Fsp3) is 0.475. The Bertz CT molecular complexity index is 1930. The van der Waals surface area contributed by atoms with Crippen molar-refractivity contribution in [2.75, 3.05) is 47.3 Å². The third-order valence-electron chi connectivity index (χ3n) is 11.1. The highest BCUT2D eigenvalue weighted by Gasteiger charge is 2.57. The van der Waals surface area contributed by atoms with Gasteiger partial charge in [0.15, 0.2) is 29.8 Å². The summed E-state index contributed by atoms with van der Waals surface area (Å²) in [6.45, 7) is 4.03. The number of esters is 1. The predicted molar refractivity (Wildman–Crippen MR) is 196 cm³/mol. The minimum Gasteiger partial charge on any atom is -0.493 e. The van der Waals surface area contributed by atoms with Gasteiger partial charge in [0.05, 0.1) is 31.7 Å². The molecule has 0 spiro atoms. The number of hydrogen-bond acceptors (Lipinski definition) is 11. The smallest absolute Gasteiger partial charge is 0.312 e. The molecule has 1 unspecified atom stereocenters. The van der Waals surface area contributed by atoms with Gasteiger partial charge in [-0.2, -0.15) is 5.26 Å². The molecule has 12 nitrogen and oxygen atoms in total. The van der Waals surface area contributed by atoms with Crippen molar-refractivity contribution in [1.29, 1.82) is 5.26 Å². The maximum atomic E-state index is 13.5. The van der Waals surface area contributed by atoms with Crippen LogP contribution in [0.15, 0.2) is 36.4 Å². The van der Waals surface area contributed by atoms with Gasteiger partial charge in [-0.1, -0.05) is 36.4 Å². The topological polar surface area (TPSA) is 132 Å². The van der Waals surface area contributed by atoms with Gasteiger partial charge in [-0.05, 0) is 56.8 Å². The zero-order chi connectivity index (χ0) is 37.4. The molecule has 1 amide bonds. The van der Waals surface area contributed by atoms with Crippen molar-refractivity contribution in [1.82, 2.24) is 15.1 Å². The summed E-state index contributed by atoms with van der Waals surface area (Å²) in [5.41, 5.74) is 6.19. The lowest BCUT2D eigenvalue weighted by Gasteiger charge is -2.60. The van der Waals surface area contributed by atoms with E-state index in [9.17, 15) is 14.9 Å². The van der Waals surface area contributed by atoms with Gasteiger partial charge in [-0.25, -0.2) is 0 Å². The Morgan fingerprint density at radius 2 is 1.79 bits per heavy atom. The molecule has 0 aromatic heterocycles. The largest absolute Gasteiger partial charge is 0.493 e. The summed E-state index contributed by atoms with van der Waals surface area (Å²) < 4.78 is 35.9. The van der Waals surface area contributed by atoms with E-state index in [1.165, 1.54) is 0 Å². The van der Waals surface area contributed by atoms with Gasteiger partial charge in [0.2, 0.25) is 12.7 Å². The van der Waals surface area contributed by atoms with Crippen LogP contribution >= 0.6 is 11.6 Å². The lowest BCUT2D eigenvalue weighted by molar-refractivity contribution is -0.134. The number of benzene rings is 3. The van der Waals surface area contributed by atoms with E-state index in [-0.39, 0.29) is 56.5 Å². The summed E-state index contributed by atoms with van der Waals surface area (Å²) in [6.07, 6.45) is 1.89. The van der Waals surface area contributed by atoms with Crippen LogP contribution in [-0.4, -0.2) is 87.1 Å². The minimum absolute atomic E-state index is 0.0103. The molecule has 3 aromatic rings. The van der Waals surface area contributed by atoms with Crippen LogP contribution in [0.4, 0.5) is 0 Å². The second-order valence-corrected chi connectivity index (χ2v) is 14.4. The first-order chi connectivity index (χ1) is 25.7. The number of likely N-dealkylation sites (N-methyl/N-ethyl adjacent to an activating group) is 1. The average molecular weight is 745 g/mol. The van der Waals surface area contributed by atoms with Crippen LogP contribution < -0.4 is 29.0 Å². The lowest BCUT2D eigenvalue weighted by atomic mass is 9.71. The number of rotatable bonds is 12. The monoisotopic (exact) mass is 744 g/mol. The van der Waals surface area contributed by atoms with Gasteiger partial charge in [-0.3, -0.25) is 19.4 Å². The molecule has 53 heavy (non-hydrogen) atoms. The molecule has 5 atom stereocenters. The van der Waals surface area contributed by atoms with Crippen molar-refractivity contribution in [2.24, 2.45) is 0 Å². The number of alkyl halides is 1. The normalized spacial score (nSPS) is 22.5. The number of fused-ring (bicyclic) bond motifs is 9. The first kappa shape index (κ1) is 36.8. The number of ether oxygens (including phenoxy) is 6. The number of piperazine rings is 1. The second kappa shape index (κ2) is 15.4. The third-order valence-corrected chi connectivity index (χ3v) is 11.2. The van der Waals surface area contributed by atoms with Gasteiger partial charge >= 0.3 is 5.97 Å². The number of amides is 1. The molecule has 4 heterocycles. The summed E-state index contributed by atoms with van der Waals surface area (Å²) in [4.78, 5) is 31.2. The van der Waals surface area contributed by atoms with E-state index in [2.05, 4.69) is 34.3 Å². The summed E-state index contributed by atoms with van der Waals surface area (Å²) >= 11 is 5.97. The lowest BCUT2D eigenvalue weighted by Crippen LogP contribution is -2.68. The standard InChI is InChI=1S/C40H45ClN4O8/c1-22-15-25-16-27-29(18-42)45-28(35(44(27)3)33(25)39(36(22)49-5)50-20-48-4)17-26-34(30(45)19-43-31(46)12-11-24-9-7-6-8-10-24)40-38(51-21-52-40)23(2)37(26)53-32(47)13-14-41/h6-10,15,27-30,35H,11-14,16-17,19-21H2,1-5H3,(H,43,46)/t27-,28?,29-,30-,35+/m0/s1. The Kier molecular flexibility index (Phi) is 10.7. The number of nitrogens with one attached hydrogen (secondary N) is 1. The molecule has 1 N–H and O–H groups in total. The molecule has 1 fully saturated rings. The van der Waals surface area contributed by atoms with Crippen LogP contribution in [0.3, 0.4) is 0 Å². The Morgan fingerprint density at radius 1 is 1.02 bits per heavy atom. The van der Waals surface area contributed by atoms with Crippen molar-refractivity contribution < 1.29 is 38.0 Å². The number of hydrogen-bond donors (Lipinski definition) is 1. The van der Waals surface area contributed by atoms with Crippen LogP contribution in [0, 0.1) is 25.2 Å². The van der Waals surface area contributed by atoms with Crippen molar-refractivity contribution in [3.8, 4) is 34.8 Å². The number of nitriles is 1. The van der Waals surface area contributed by atoms with Crippen molar-refractivity contribution in [2.45, 2.75) is 76.2 Å². The van der Waals surface area contributed by atoms with Gasteiger partial charge in [0.25, 0.3) is 0 Å². The zero-order valence-electron chi connectivity index (χ0n) is 30.7. The molecule has 2 bridgehead atoms. The van der Waals surface area contributed by atoms with Gasteiger partial charge < -0.3 is 33.7 Å². The van der Waals surface area contributed by atoms with Crippen molar-refractivity contribution >= 4 is 23.5 Å². The highest BCUT2D eigenvalue weighted by molar-refractivity contribution is 6.18. The second-order valence-electron chi connectivity index (χ2n) is 14.0.